The predicted octanol–water partition coefficient (Wildman–Crippen LogP) is 2.29. The third-order valence-corrected chi connectivity index (χ3v) is 2.13. The van der Waals surface area contributed by atoms with Gasteiger partial charge in [0.15, 0.2) is 0 Å². The molecule has 2 N–H and O–H groups in total. The van der Waals surface area contributed by atoms with Crippen molar-refractivity contribution in [3.8, 4) is 0 Å². The number of nitrogens with one attached hydrogen (secondary N) is 2. The number of rotatable bonds is 2. The van der Waals surface area contributed by atoms with Gasteiger partial charge in [-0.25, -0.2) is 9.97 Å². The molecular weight excluding hydrogens is 192 g/mol. The first-order chi connectivity index (χ1) is 7.43. The van der Waals surface area contributed by atoms with Crippen LogP contribution in [0.25, 0.3) is 11.0 Å². The topological polar surface area (TPSA) is 66.7 Å². The van der Waals surface area contributed by atoms with Crippen LogP contribution in [0.4, 0.5) is 11.7 Å². The van der Waals surface area contributed by atoms with Gasteiger partial charge >= 0.3 is 0 Å². The van der Waals surface area contributed by atoms with Crippen LogP contribution in [-0.2, 0) is 0 Å². The molecule has 0 amide bonds. The minimum Gasteiger partial charge on any atom is -0.432 e. The Kier molecular flexibility index (Phi) is 1.68. The number of hydrogen-bond donors (Lipinski definition) is 2. The van der Waals surface area contributed by atoms with Gasteiger partial charge in [0.05, 0.1) is 11.9 Å². The van der Waals surface area contributed by atoms with Gasteiger partial charge in [-0.3, -0.25) is 0 Å². The lowest BCUT2D eigenvalue weighted by molar-refractivity contribution is 0.578. The summed E-state index contributed by atoms with van der Waals surface area (Å²) in [4.78, 5) is 11.2. The maximum atomic E-state index is 5.11. The Morgan fingerprint density at radius 2 is 2.20 bits per heavy atom. The van der Waals surface area contributed by atoms with Gasteiger partial charge in [0, 0.05) is 17.8 Å². The summed E-state index contributed by atoms with van der Waals surface area (Å²) in [5, 5.41) is 4.09. The number of nitrogens with zero attached hydrogens (tertiary/aromatic N) is 2. The van der Waals surface area contributed by atoms with Crippen LogP contribution >= 0.6 is 0 Å². The molecule has 74 valence electrons. The van der Waals surface area contributed by atoms with Crippen molar-refractivity contribution in [1.82, 2.24) is 15.0 Å². The van der Waals surface area contributed by atoms with Gasteiger partial charge in [0.2, 0.25) is 0 Å². The molecule has 0 aliphatic carbocycles. The van der Waals surface area contributed by atoms with Crippen molar-refractivity contribution in [3.05, 3.63) is 37.0 Å². The van der Waals surface area contributed by atoms with Gasteiger partial charge in [-0.1, -0.05) is 0 Å². The number of aromatic amines is 1. The molecule has 3 rings (SSSR count). The van der Waals surface area contributed by atoms with Crippen LogP contribution in [0.3, 0.4) is 0 Å². The fourth-order valence-electron chi connectivity index (χ4n) is 1.47. The highest BCUT2D eigenvalue weighted by Crippen LogP contribution is 2.23. The van der Waals surface area contributed by atoms with Crippen LogP contribution in [0.5, 0.6) is 0 Å². The highest BCUT2D eigenvalue weighted by molar-refractivity contribution is 5.90. The molecule has 0 radical (unpaired) electrons. The molecule has 5 nitrogen and oxygen atoms in total. The van der Waals surface area contributed by atoms with Gasteiger partial charge in [0.1, 0.15) is 11.9 Å². The first-order valence-corrected chi connectivity index (χ1v) is 4.52. The fraction of sp³-hybridized carbons (Fsp3) is 0. The van der Waals surface area contributed by atoms with Crippen molar-refractivity contribution in [1.29, 1.82) is 0 Å². The summed E-state index contributed by atoms with van der Waals surface area (Å²) in [5.41, 5.74) is 1.76. The van der Waals surface area contributed by atoms with Crippen LogP contribution in [-0.4, -0.2) is 15.0 Å². The van der Waals surface area contributed by atoms with Gasteiger partial charge in [-0.05, 0) is 12.1 Å². The largest absolute Gasteiger partial charge is 0.432 e. The fourth-order valence-corrected chi connectivity index (χ4v) is 1.47. The maximum absolute atomic E-state index is 5.11. The van der Waals surface area contributed by atoms with Crippen molar-refractivity contribution < 1.29 is 4.42 Å². The molecule has 0 aromatic carbocycles. The summed E-state index contributed by atoms with van der Waals surface area (Å²) in [7, 11) is 0. The van der Waals surface area contributed by atoms with E-state index < -0.39 is 0 Å². The van der Waals surface area contributed by atoms with E-state index in [4.69, 9.17) is 4.42 Å². The summed E-state index contributed by atoms with van der Waals surface area (Å²) >= 11 is 0. The average molecular weight is 200 g/mol. The molecule has 0 atom stereocenters. The molecule has 0 aliphatic heterocycles. The van der Waals surface area contributed by atoms with Crippen LogP contribution in [0, 0.1) is 0 Å². The maximum Gasteiger partial charge on any atom is 0.299 e. The molecular formula is C10H8N4O. The highest BCUT2D eigenvalue weighted by Gasteiger charge is 2.04. The molecule has 0 fully saturated rings. The number of H-pyrrole nitrogens is 1. The number of oxazole rings is 1. The van der Waals surface area contributed by atoms with Crippen LogP contribution in [0.1, 0.15) is 0 Å². The molecule has 15 heavy (non-hydrogen) atoms. The SMILES string of the molecule is c1coc(Nc2ccnc3[nH]ccc23)n1. The van der Waals surface area contributed by atoms with Crippen molar-refractivity contribution in [2.45, 2.75) is 0 Å². The summed E-state index contributed by atoms with van der Waals surface area (Å²) in [6.07, 6.45) is 6.69. The normalized spacial score (nSPS) is 10.7. The molecule has 0 bridgehead atoms. The average Bonchev–Trinajstić information content (AvgIpc) is 2.87. The second kappa shape index (κ2) is 3.13. The molecule has 0 spiro atoms. The number of aromatic nitrogens is 3. The molecule has 3 heterocycles. The Hall–Kier alpha value is -2.30. The Balaban J connectivity index is 2.07. The zero-order valence-corrected chi connectivity index (χ0v) is 7.77. The van der Waals surface area contributed by atoms with Crippen molar-refractivity contribution in [3.63, 3.8) is 0 Å². The van der Waals surface area contributed by atoms with E-state index in [-0.39, 0.29) is 0 Å². The van der Waals surface area contributed by atoms with E-state index in [2.05, 4.69) is 20.3 Å². The molecule has 5 heteroatoms. The number of hydrogen-bond acceptors (Lipinski definition) is 4. The second-order valence-corrected chi connectivity index (χ2v) is 3.06. The smallest absolute Gasteiger partial charge is 0.299 e. The molecule has 3 aromatic heterocycles. The van der Waals surface area contributed by atoms with Gasteiger partial charge in [-0.2, -0.15) is 0 Å². The van der Waals surface area contributed by atoms with E-state index in [1.54, 1.807) is 12.4 Å². The summed E-state index contributed by atoms with van der Waals surface area (Å²) in [5.74, 6) is 0. The van der Waals surface area contributed by atoms with Crippen LogP contribution < -0.4 is 5.32 Å². The molecule has 0 unspecified atom stereocenters. The number of pyridine rings is 1. The van der Waals surface area contributed by atoms with E-state index >= 15 is 0 Å². The van der Waals surface area contributed by atoms with Crippen LogP contribution in [0.15, 0.2) is 41.4 Å². The monoisotopic (exact) mass is 200 g/mol. The quantitative estimate of drug-likeness (QED) is 0.666. The summed E-state index contributed by atoms with van der Waals surface area (Å²) < 4.78 is 5.11. The Morgan fingerprint density at radius 3 is 3.07 bits per heavy atom. The third-order valence-electron chi connectivity index (χ3n) is 2.13. The Bertz CT molecular complexity index is 570. The van der Waals surface area contributed by atoms with E-state index in [9.17, 15) is 0 Å². The van der Waals surface area contributed by atoms with Gasteiger partial charge in [0.25, 0.3) is 6.01 Å². The Morgan fingerprint density at radius 1 is 1.20 bits per heavy atom. The standard InChI is InChI=1S/C10H8N4O/c1-3-11-9-7(1)8(2-4-12-9)14-10-13-5-6-15-10/h1-6H,(H2,11,12,13,14). The van der Waals surface area contributed by atoms with E-state index in [1.807, 2.05) is 18.3 Å². The third kappa shape index (κ3) is 1.34. The minimum atomic E-state index is 0.476. The molecule has 0 saturated heterocycles. The Labute approximate surface area is 85.2 Å². The second-order valence-electron chi connectivity index (χ2n) is 3.06. The predicted molar refractivity (Wildman–Crippen MR) is 55.9 cm³/mol. The van der Waals surface area contributed by atoms with Crippen molar-refractivity contribution in [2.75, 3.05) is 5.32 Å². The first-order valence-electron chi connectivity index (χ1n) is 4.52. The highest BCUT2D eigenvalue weighted by atomic mass is 16.4. The van der Waals surface area contributed by atoms with Crippen molar-refractivity contribution >= 4 is 22.7 Å². The lowest BCUT2D eigenvalue weighted by Crippen LogP contribution is -1.91. The molecule has 3 aromatic rings. The zero-order valence-electron chi connectivity index (χ0n) is 7.77. The van der Waals surface area contributed by atoms with Gasteiger partial charge in [-0.15, -0.1) is 0 Å². The molecule has 0 saturated carbocycles. The van der Waals surface area contributed by atoms with E-state index in [0.29, 0.717) is 6.01 Å². The minimum absolute atomic E-state index is 0.476. The lowest BCUT2D eigenvalue weighted by atomic mass is 10.3. The summed E-state index contributed by atoms with van der Waals surface area (Å²) in [6.45, 7) is 0. The lowest BCUT2D eigenvalue weighted by Gasteiger charge is -2.01. The van der Waals surface area contributed by atoms with Gasteiger partial charge < -0.3 is 14.7 Å². The van der Waals surface area contributed by atoms with Crippen molar-refractivity contribution in [2.24, 2.45) is 0 Å². The first kappa shape index (κ1) is 8.05. The summed E-state index contributed by atoms with van der Waals surface area (Å²) in [6, 6.07) is 4.30. The van der Waals surface area contributed by atoms with E-state index in [1.165, 1.54) is 6.26 Å². The number of anilines is 2. The zero-order chi connectivity index (χ0) is 10.1. The van der Waals surface area contributed by atoms with Crippen LogP contribution in [0.2, 0.25) is 0 Å². The molecule has 0 aliphatic rings. The number of fused-ring (bicyclic) bond motifs is 1. The van der Waals surface area contributed by atoms with E-state index in [0.717, 1.165) is 16.7 Å².